The maximum Gasteiger partial charge on any atom is 0.435 e. The summed E-state index contributed by atoms with van der Waals surface area (Å²) in [6.45, 7) is 2.05. The maximum atomic E-state index is 12.9. The summed E-state index contributed by atoms with van der Waals surface area (Å²) in [5, 5.41) is 8.61. The van der Waals surface area contributed by atoms with Crippen molar-refractivity contribution in [2.75, 3.05) is 18.4 Å². The van der Waals surface area contributed by atoms with Crippen molar-refractivity contribution in [1.82, 2.24) is 19.7 Å². The number of hydrogen-bond acceptors (Lipinski definition) is 7. The van der Waals surface area contributed by atoms with Gasteiger partial charge in [0.25, 0.3) is 0 Å². The Morgan fingerprint density at radius 3 is 2.51 bits per heavy atom. The maximum absolute atomic E-state index is 12.9. The van der Waals surface area contributed by atoms with Gasteiger partial charge in [0.05, 0.1) is 5.01 Å². The van der Waals surface area contributed by atoms with Gasteiger partial charge in [-0.3, -0.25) is 23.9 Å². The number of rotatable bonds is 5. The van der Waals surface area contributed by atoms with Crippen molar-refractivity contribution in [2.45, 2.75) is 64.1 Å². The second kappa shape index (κ2) is 9.34. The highest BCUT2D eigenvalue weighted by Crippen LogP contribution is 2.54. The van der Waals surface area contributed by atoms with Crippen LogP contribution in [0.5, 0.6) is 0 Å². The van der Waals surface area contributed by atoms with Crippen molar-refractivity contribution < 1.29 is 32.3 Å². The van der Waals surface area contributed by atoms with E-state index in [1.807, 2.05) is 0 Å². The molecule has 3 aliphatic rings. The number of carbonyl (C=O) groups excluding carboxylic acids is 4. The van der Waals surface area contributed by atoms with Gasteiger partial charge in [-0.25, -0.2) is 4.98 Å². The number of halogens is 3. The molecule has 2 aliphatic carbocycles. The Morgan fingerprint density at radius 2 is 1.89 bits per heavy atom. The molecular formula is C24H26F3N5O4S. The molecule has 3 fully saturated rings. The summed E-state index contributed by atoms with van der Waals surface area (Å²) in [4.78, 5) is 56.5. The van der Waals surface area contributed by atoms with Gasteiger partial charge < -0.3 is 10.2 Å². The second-order valence-electron chi connectivity index (χ2n) is 10.1. The molecular weight excluding hydrogens is 511 g/mol. The molecule has 2 aromatic rings. The van der Waals surface area contributed by atoms with Crippen molar-refractivity contribution in [1.29, 1.82) is 0 Å². The predicted molar refractivity (Wildman–Crippen MR) is 126 cm³/mol. The summed E-state index contributed by atoms with van der Waals surface area (Å²) in [6, 6.07) is 0.919. The molecule has 3 heterocycles. The number of Topliss-reactive ketones (excluding diaryl/α,β-unsaturated/α-hetero) is 2. The lowest BCUT2D eigenvalue weighted by Crippen LogP contribution is -2.44. The van der Waals surface area contributed by atoms with Gasteiger partial charge in [-0.2, -0.15) is 18.3 Å². The monoisotopic (exact) mass is 537 g/mol. The molecule has 1 spiro atoms. The second-order valence-corrected chi connectivity index (χ2v) is 11.0. The Labute approximate surface area is 214 Å². The number of likely N-dealkylation sites (tertiary alicyclic amines) is 1. The topological polar surface area (TPSA) is 114 Å². The van der Waals surface area contributed by atoms with Crippen molar-refractivity contribution >= 4 is 40.5 Å². The van der Waals surface area contributed by atoms with Crippen LogP contribution < -0.4 is 5.32 Å². The van der Waals surface area contributed by atoms with E-state index < -0.39 is 29.1 Å². The van der Waals surface area contributed by atoms with E-state index in [1.165, 1.54) is 18.3 Å². The lowest BCUT2D eigenvalue weighted by atomic mass is 9.76. The number of carbonyl (C=O) groups is 4. The fourth-order valence-corrected chi connectivity index (χ4v) is 6.06. The first kappa shape index (κ1) is 25.6. The first-order valence-corrected chi connectivity index (χ1v) is 13.1. The van der Waals surface area contributed by atoms with Crippen LogP contribution in [0.15, 0.2) is 11.4 Å². The number of piperidine rings is 1. The zero-order valence-corrected chi connectivity index (χ0v) is 21.0. The molecule has 2 amide bonds. The fourth-order valence-electron chi connectivity index (χ4n) is 5.14. The zero-order valence-electron chi connectivity index (χ0n) is 20.1. The molecule has 198 valence electrons. The number of nitrogens with zero attached hydrogens (tertiary/aromatic N) is 4. The minimum Gasteiger partial charge on any atom is -0.341 e. The van der Waals surface area contributed by atoms with Crippen LogP contribution >= 0.6 is 11.3 Å². The lowest BCUT2D eigenvalue weighted by Gasteiger charge is -2.31. The number of alkyl halides is 3. The summed E-state index contributed by atoms with van der Waals surface area (Å²) in [7, 11) is 0. The Morgan fingerprint density at radius 1 is 1.19 bits per heavy atom. The quantitative estimate of drug-likeness (QED) is 0.586. The number of aryl methyl sites for hydroxylation is 1. The number of anilines is 1. The molecule has 0 radical (unpaired) electrons. The third kappa shape index (κ3) is 5.05. The van der Waals surface area contributed by atoms with Crippen LogP contribution in [0.25, 0.3) is 0 Å². The van der Waals surface area contributed by atoms with E-state index in [1.54, 1.807) is 10.3 Å². The highest BCUT2D eigenvalue weighted by molar-refractivity contribution is 7.10. The number of aromatic nitrogens is 3. The van der Waals surface area contributed by atoms with Gasteiger partial charge in [-0.1, -0.05) is 0 Å². The van der Waals surface area contributed by atoms with Crippen molar-refractivity contribution in [2.24, 2.45) is 11.3 Å². The van der Waals surface area contributed by atoms with E-state index in [0.29, 0.717) is 38.2 Å². The van der Waals surface area contributed by atoms with E-state index in [2.05, 4.69) is 15.4 Å². The molecule has 1 saturated heterocycles. The number of thiazole rings is 1. The van der Waals surface area contributed by atoms with Crippen LogP contribution in [0.4, 0.5) is 19.0 Å². The number of nitrogens with one attached hydrogen (secondary N) is 1. The average molecular weight is 538 g/mol. The van der Waals surface area contributed by atoms with Crippen molar-refractivity contribution in [3.05, 3.63) is 27.8 Å². The number of ketones is 2. The van der Waals surface area contributed by atoms with Crippen molar-refractivity contribution in [3.63, 3.8) is 0 Å². The van der Waals surface area contributed by atoms with Gasteiger partial charge in [-0.15, -0.1) is 11.3 Å². The van der Waals surface area contributed by atoms with Crippen LogP contribution in [0.1, 0.15) is 60.8 Å². The van der Waals surface area contributed by atoms with Gasteiger partial charge in [0.15, 0.2) is 23.2 Å². The molecule has 13 heteroatoms. The summed E-state index contributed by atoms with van der Waals surface area (Å²) < 4.78 is 39.7. The van der Waals surface area contributed by atoms with Crippen LogP contribution in [0.2, 0.25) is 0 Å². The van der Waals surface area contributed by atoms with E-state index in [4.69, 9.17) is 0 Å². The highest BCUT2D eigenvalue weighted by atomic mass is 32.1. The predicted octanol–water partition coefficient (Wildman–Crippen LogP) is 3.34. The first-order chi connectivity index (χ1) is 17.5. The SMILES string of the molecule is Cc1cc(C(F)(F)F)nn1CC(=O)N1CCC(c2nc(NC(=O)C3C(=O)CCC4(CC4)C3=O)cs2)CC1. The standard InChI is InChI=1S/C24H26F3N5O4S/c1-13-10-16(24(25,26)27)30-32(13)11-18(34)31-8-3-14(4-9-31)22-29-17(12-37-22)28-21(36)19-15(33)2-5-23(6-7-23)20(19)35/h10,12,14,19H,2-9,11H2,1H3,(H,28,36). The zero-order chi connectivity index (χ0) is 26.5. The molecule has 1 N–H and O–H groups in total. The molecule has 0 bridgehead atoms. The van der Waals surface area contributed by atoms with Crippen LogP contribution in [-0.2, 0) is 31.9 Å². The van der Waals surface area contributed by atoms with Gasteiger partial charge in [0, 0.05) is 41.9 Å². The lowest BCUT2D eigenvalue weighted by molar-refractivity contribution is -0.145. The molecule has 1 atom stereocenters. The molecule has 2 saturated carbocycles. The summed E-state index contributed by atoms with van der Waals surface area (Å²) in [5.41, 5.74) is -1.24. The highest BCUT2D eigenvalue weighted by Gasteiger charge is 2.57. The third-order valence-corrected chi connectivity index (χ3v) is 8.61. The van der Waals surface area contributed by atoms with Gasteiger partial charge in [0.1, 0.15) is 12.4 Å². The smallest absolute Gasteiger partial charge is 0.341 e. The number of hydrogen-bond donors (Lipinski definition) is 1. The van der Waals surface area contributed by atoms with Crippen LogP contribution in [0.3, 0.4) is 0 Å². The molecule has 1 unspecified atom stereocenters. The average Bonchev–Trinajstić information content (AvgIpc) is 3.32. The summed E-state index contributed by atoms with van der Waals surface area (Å²) in [6.07, 6.45) is -1.09. The minimum atomic E-state index is -4.57. The van der Waals surface area contributed by atoms with E-state index in [9.17, 15) is 32.3 Å². The fraction of sp³-hybridized carbons (Fsp3) is 0.583. The summed E-state index contributed by atoms with van der Waals surface area (Å²) >= 11 is 1.36. The molecule has 37 heavy (non-hydrogen) atoms. The molecule has 0 aromatic carbocycles. The number of amides is 2. The van der Waals surface area contributed by atoms with E-state index in [0.717, 1.165) is 28.6 Å². The Kier molecular flexibility index (Phi) is 6.45. The molecule has 9 nitrogen and oxygen atoms in total. The molecule has 2 aromatic heterocycles. The minimum absolute atomic E-state index is 0.0515. The first-order valence-electron chi connectivity index (χ1n) is 12.2. The molecule has 1 aliphatic heterocycles. The summed E-state index contributed by atoms with van der Waals surface area (Å²) in [5.74, 6) is -2.45. The van der Waals surface area contributed by atoms with Gasteiger partial charge in [-0.05, 0) is 45.1 Å². The normalized spacial score (nSPS) is 21.9. The van der Waals surface area contributed by atoms with E-state index >= 15 is 0 Å². The van der Waals surface area contributed by atoms with E-state index in [-0.39, 0.29) is 42.1 Å². The van der Waals surface area contributed by atoms with Gasteiger partial charge in [0.2, 0.25) is 11.8 Å². The Hall–Kier alpha value is -3.09. The largest absolute Gasteiger partial charge is 0.435 e. The van der Waals surface area contributed by atoms with Gasteiger partial charge >= 0.3 is 6.18 Å². The third-order valence-electron chi connectivity index (χ3n) is 7.60. The van der Waals surface area contributed by atoms with Crippen molar-refractivity contribution in [3.8, 4) is 0 Å². The Balaban J connectivity index is 1.15. The molecule has 5 rings (SSSR count). The van der Waals surface area contributed by atoms with Crippen LogP contribution in [-0.4, -0.2) is 56.1 Å². The van der Waals surface area contributed by atoms with Crippen LogP contribution in [0, 0.1) is 18.3 Å². The Bertz CT molecular complexity index is 1260.